The van der Waals surface area contributed by atoms with Gasteiger partial charge in [0.2, 0.25) is 0 Å². The number of hydrogen-bond donors (Lipinski definition) is 1. The predicted molar refractivity (Wildman–Crippen MR) is 129 cm³/mol. The molecule has 1 saturated carbocycles. The molecule has 2 aromatic rings. The molecule has 3 aliphatic rings. The molecule has 5 heteroatoms. The lowest BCUT2D eigenvalue weighted by molar-refractivity contribution is -0.0590. The van der Waals surface area contributed by atoms with E-state index in [0.717, 1.165) is 18.5 Å². The van der Waals surface area contributed by atoms with Crippen LogP contribution in [0.3, 0.4) is 0 Å². The van der Waals surface area contributed by atoms with Gasteiger partial charge in [-0.05, 0) is 74.3 Å². The Bertz CT molecular complexity index is 916. The topological polar surface area (TPSA) is 32.3 Å². The van der Waals surface area contributed by atoms with Crippen molar-refractivity contribution in [2.75, 3.05) is 6.54 Å². The number of benzene rings is 2. The summed E-state index contributed by atoms with van der Waals surface area (Å²) in [5.74, 6) is 1.11. The van der Waals surface area contributed by atoms with Crippen LogP contribution in [0.2, 0.25) is 10.0 Å². The van der Waals surface area contributed by atoms with Gasteiger partial charge in [0.15, 0.2) is 0 Å². The molecule has 1 N–H and O–H groups in total. The molecule has 5 rings (SSSR count). The highest BCUT2D eigenvalue weighted by atomic mass is 35.5. The summed E-state index contributed by atoms with van der Waals surface area (Å²) in [6.45, 7) is 7.37. The first-order valence-electron chi connectivity index (χ1n) is 11.4. The third kappa shape index (κ3) is 5.27. The van der Waals surface area contributed by atoms with Gasteiger partial charge >= 0.3 is 0 Å². The number of amides is 1. The lowest BCUT2D eigenvalue weighted by Gasteiger charge is -2.56. The minimum Gasteiger partial charge on any atom is -0.348 e. The van der Waals surface area contributed by atoms with Crippen molar-refractivity contribution in [2.45, 2.75) is 64.6 Å². The number of aryl methyl sites for hydroxylation is 1. The number of carbonyl (C=O) groups is 1. The number of carbonyl (C=O) groups excluding carboxylic acids is 1. The van der Waals surface area contributed by atoms with Gasteiger partial charge in [-0.25, -0.2) is 0 Å². The number of nitrogens with one attached hydrogen (secondary N) is 1. The second-order valence-corrected chi connectivity index (χ2v) is 10.5. The van der Waals surface area contributed by atoms with E-state index in [1.807, 2.05) is 43.3 Å². The Labute approximate surface area is 196 Å². The van der Waals surface area contributed by atoms with Crippen molar-refractivity contribution < 1.29 is 4.79 Å². The van der Waals surface area contributed by atoms with Gasteiger partial charge in [0.1, 0.15) is 0 Å². The Kier molecular flexibility index (Phi) is 6.95. The van der Waals surface area contributed by atoms with Crippen molar-refractivity contribution in [1.29, 1.82) is 0 Å². The van der Waals surface area contributed by atoms with Crippen LogP contribution >= 0.6 is 23.2 Å². The van der Waals surface area contributed by atoms with Crippen LogP contribution in [0, 0.1) is 18.8 Å². The second-order valence-electron chi connectivity index (χ2n) is 9.72. The van der Waals surface area contributed by atoms with E-state index < -0.39 is 0 Å². The summed E-state index contributed by atoms with van der Waals surface area (Å²) >= 11 is 12.3. The zero-order chi connectivity index (χ0) is 22.1. The highest BCUT2D eigenvalue weighted by Crippen LogP contribution is 2.43. The predicted octanol–water partition coefficient (Wildman–Crippen LogP) is 6.15. The molecule has 2 aromatic carbocycles. The van der Waals surface area contributed by atoms with E-state index in [0.29, 0.717) is 34.0 Å². The Balaban J connectivity index is 1.33. The SMILES string of the molecule is Cc1ccc(C(=O)NC(CN2C3CC(Cc4ccc(Cl)c(Cl)c4)CC2C3)C(C)C)cc1. The largest absolute Gasteiger partial charge is 0.348 e. The lowest BCUT2D eigenvalue weighted by atomic mass is 9.71. The molecule has 2 saturated heterocycles. The number of hydrogen-bond acceptors (Lipinski definition) is 2. The lowest BCUT2D eigenvalue weighted by Crippen LogP contribution is -2.64. The molecule has 0 radical (unpaired) electrons. The first-order chi connectivity index (χ1) is 14.8. The van der Waals surface area contributed by atoms with E-state index in [-0.39, 0.29) is 11.9 Å². The molecule has 1 amide bonds. The molecule has 3 fully saturated rings. The van der Waals surface area contributed by atoms with Crippen molar-refractivity contribution in [3.63, 3.8) is 0 Å². The molecular formula is C26H32Cl2N2O. The Morgan fingerprint density at radius 2 is 1.71 bits per heavy atom. The van der Waals surface area contributed by atoms with Crippen molar-refractivity contribution in [3.05, 3.63) is 69.2 Å². The molecule has 2 heterocycles. The molecule has 3 unspecified atom stereocenters. The summed E-state index contributed by atoms with van der Waals surface area (Å²) in [6, 6.07) is 15.2. The average Bonchev–Trinajstić information content (AvgIpc) is 2.73. The Morgan fingerprint density at radius 3 is 2.32 bits per heavy atom. The summed E-state index contributed by atoms with van der Waals surface area (Å²) < 4.78 is 0. The van der Waals surface area contributed by atoms with Crippen LogP contribution < -0.4 is 5.32 Å². The number of piperidine rings is 1. The van der Waals surface area contributed by atoms with Gasteiger partial charge < -0.3 is 5.32 Å². The normalized spacial score (nSPS) is 24.0. The Hall–Kier alpha value is -1.55. The van der Waals surface area contributed by atoms with E-state index in [4.69, 9.17) is 23.2 Å². The monoisotopic (exact) mass is 458 g/mol. The number of rotatable bonds is 7. The molecular weight excluding hydrogens is 427 g/mol. The molecule has 3 nitrogen and oxygen atoms in total. The van der Waals surface area contributed by atoms with E-state index in [9.17, 15) is 4.79 Å². The van der Waals surface area contributed by atoms with E-state index >= 15 is 0 Å². The number of halogens is 2. The van der Waals surface area contributed by atoms with Gasteiger partial charge in [-0.15, -0.1) is 0 Å². The second kappa shape index (κ2) is 9.52. The maximum Gasteiger partial charge on any atom is 0.251 e. The highest BCUT2D eigenvalue weighted by Gasteiger charge is 2.45. The molecule has 3 atom stereocenters. The summed E-state index contributed by atoms with van der Waals surface area (Å²) in [4.78, 5) is 15.4. The molecule has 2 bridgehead atoms. The number of fused-ring (bicyclic) bond motifs is 2. The van der Waals surface area contributed by atoms with Gasteiger partial charge in [0.05, 0.1) is 10.0 Å². The summed E-state index contributed by atoms with van der Waals surface area (Å²) in [7, 11) is 0. The minimum atomic E-state index is 0.0295. The smallest absolute Gasteiger partial charge is 0.251 e. The van der Waals surface area contributed by atoms with Crippen LogP contribution in [-0.2, 0) is 6.42 Å². The van der Waals surface area contributed by atoms with Crippen LogP contribution in [-0.4, -0.2) is 35.5 Å². The molecule has 2 aliphatic heterocycles. The van der Waals surface area contributed by atoms with Crippen molar-refractivity contribution in [1.82, 2.24) is 10.2 Å². The van der Waals surface area contributed by atoms with Crippen LogP contribution in [0.5, 0.6) is 0 Å². The third-order valence-electron chi connectivity index (χ3n) is 7.04. The maximum absolute atomic E-state index is 12.8. The average molecular weight is 459 g/mol. The van der Waals surface area contributed by atoms with E-state index in [1.54, 1.807) is 0 Å². The van der Waals surface area contributed by atoms with Crippen molar-refractivity contribution in [3.8, 4) is 0 Å². The molecule has 0 aromatic heterocycles. The highest BCUT2D eigenvalue weighted by molar-refractivity contribution is 6.42. The van der Waals surface area contributed by atoms with Crippen molar-refractivity contribution >= 4 is 29.1 Å². The Morgan fingerprint density at radius 1 is 1.03 bits per heavy atom. The van der Waals surface area contributed by atoms with Crippen LogP contribution in [0.25, 0.3) is 0 Å². The van der Waals surface area contributed by atoms with Gasteiger partial charge in [-0.2, -0.15) is 0 Å². The van der Waals surface area contributed by atoms with Gasteiger partial charge in [0.25, 0.3) is 5.91 Å². The summed E-state index contributed by atoms with van der Waals surface area (Å²) in [5.41, 5.74) is 3.18. The van der Waals surface area contributed by atoms with Gasteiger partial charge in [-0.1, -0.05) is 60.8 Å². The third-order valence-corrected chi connectivity index (χ3v) is 7.78. The van der Waals surface area contributed by atoms with Crippen LogP contribution in [0.1, 0.15) is 54.6 Å². The van der Waals surface area contributed by atoms with E-state index in [2.05, 4.69) is 30.1 Å². The molecule has 166 valence electrons. The molecule has 1 aliphatic carbocycles. The van der Waals surface area contributed by atoms with Crippen molar-refractivity contribution in [2.24, 2.45) is 11.8 Å². The van der Waals surface area contributed by atoms with E-state index in [1.165, 1.54) is 30.4 Å². The fourth-order valence-corrected chi connectivity index (χ4v) is 5.47. The minimum absolute atomic E-state index is 0.0295. The number of nitrogens with zero attached hydrogens (tertiary/aromatic N) is 1. The fraction of sp³-hybridized carbons (Fsp3) is 0.500. The first-order valence-corrected chi connectivity index (χ1v) is 12.1. The zero-order valence-corrected chi connectivity index (χ0v) is 20.1. The van der Waals surface area contributed by atoms with Crippen LogP contribution in [0.4, 0.5) is 0 Å². The zero-order valence-electron chi connectivity index (χ0n) is 18.6. The maximum atomic E-state index is 12.8. The van der Waals surface area contributed by atoms with Crippen LogP contribution in [0.15, 0.2) is 42.5 Å². The summed E-state index contributed by atoms with van der Waals surface area (Å²) in [5, 5.41) is 4.56. The first kappa shape index (κ1) is 22.6. The standard InChI is InChI=1S/C26H32Cl2N2O/c1-16(2)25(29-26(31)20-7-4-17(3)5-8-20)15-30-21-11-19(12-22(30)14-21)10-18-6-9-23(27)24(28)13-18/h4-9,13,16,19,21-22,25H,10-12,14-15H2,1-3H3,(H,29,31). The fourth-order valence-electron chi connectivity index (χ4n) is 5.15. The van der Waals surface area contributed by atoms with Gasteiger partial charge in [-0.3, -0.25) is 9.69 Å². The molecule has 0 spiro atoms. The molecule has 31 heavy (non-hydrogen) atoms. The van der Waals surface area contributed by atoms with Gasteiger partial charge in [0, 0.05) is 30.2 Å². The quantitative estimate of drug-likeness (QED) is 0.539. The summed E-state index contributed by atoms with van der Waals surface area (Å²) in [6.07, 6.45) is 4.78.